The molecule has 0 fully saturated rings. The lowest BCUT2D eigenvalue weighted by molar-refractivity contribution is -0.143. The molecule has 0 atom stereocenters. The Kier molecular flexibility index (Phi) is 4.51. The Balaban J connectivity index is 2.55. The van der Waals surface area contributed by atoms with Crippen LogP contribution in [0.4, 0.5) is 0 Å². The summed E-state index contributed by atoms with van der Waals surface area (Å²) < 4.78 is 5.09. The Labute approximate surface area is 100 Å². The van der Waals surface area contributed by atoms with Crippen molar-refractivity contribution >= 4 is 11.8 Å². The van der Waals surface area contributed by atoms with E-state index in [1.807, 2.05) is 24.3 Å². The average molecular weight is 236 g/mol. The largest absolute Gasteiger partial charge is 0.497 e. The minimum Gasteiger partial charge on any atom is -0.497 e. The van der Waals surface area contributed by atoms with Crippen LogP contribution in [0.5, 0.6) is 5.75 Å². The van der Waals surface area contributed by atoms with Gasteiger partial charge in [-0.05, 0) is 24.1 Å². The highest BCUT2D eigenvalue weighted by atomic mass is 16.5. The van der Waals surface area contributed by atoms with Gasteiger partial charge in [-0.2, -0.15) is 0 Å². The third-order valence-electron chi connectivity index (χ3n) is 2.43. The summed E-state index contributed by atoms with van der Waals surface area (Å²) >= 11 is 0. The maximum atomic E-state index is 11.2. The number of primary amides is 1. The molecule has 0 aromatic heterocycles. The van der Waals surface area contributed by atoms with Crippen molar-refractivity contribution in [3.63, 3.8) is 0 Å². The van der Waals surface area contributed by atoms with Gasteiger partial charge in [-0.3, -0.25) is 9.59 Å². The van der Waals surface area contributed by atoms with Crippen LogP contribution in [-0.4, -0.2) is 37.4 Å². The molecule has 0 unspecified atom stereocenters. The van der Waals surface area contributed by atoms with Crippen molar-refractivity contribution in [3.8, 4) is 5.75 Å². The number of hydrogen-bond acceptors (Lipinski definition) is 3. The van der Waals surface area contributed by atoms with E-state index in [4.69, 9.17) is 10.5 Å². The normalized spacial score (nSPS) is 9.76. The van der Waals surface area contributed by atoms with E-state index in [-0.39, 0.29) is 0 Å². The lowest BCUT2D eigenvalue weighted by atomic mass is 10.1. The number of likely N-dealkylation sites (N-methyl/N-ethyl adjacent to an activating group) is 1. The molecule has 1 aromatic carbocycles. The van der Waals surface area contributed by atoms with Gasteiger partial charge in [-0.15, -0.1) is 0 Å². The molecule has 17 heavy (non-hydrogen) atoms. The number of benzene rings is 1. The zero-order valence-electron chi connectivity index (χ0n) is 9.97. The van der Waals surface area contributed by atoms with E-state index >= 15 is 0 Å². The van der Waals surface area contributed by atoms with Crippen LogP contribution in [0.1, 0.15) is 5.56 Å². The van der Waals surface area contributed by atoms with Crippen LogP contribution >= 0.6 is 0 Å². The third-order valence-corrected chi connectivity index (χ3v) is 2.43. The van der Waals surface area contributed by atoms with Crippen molar-refractivity contribution in [1.82, 2.24) is 4.90 Å². The second-order valence-electron chi connectivity index (χ2n) is 3.69. The van der Waals surface area contributed by atoms with Gasteiger partial charge >= 0.3 is 11.8 Å². The van der Waals surface area contributed by atoms with E-state index in [1.165, 1.54) is 4.90 Å². The number of carbonyl (C=O) groups excluding carboxylic acids is 2. The van der Waals surface area contributed by atoms with Crippen LogP contribution in [0, 0.1) is 0 Å². The van der Waals surface area contributed by atoms with E-state index in [0.717, 1.165) is 11.3 Å². The topological polar surface area (TPSA) is 72.6 Å². The second-order valence-corrected chi connectivity index (χ2v) is 3.69. The van der Waals surface area contributed by atoms with Crippen molar-refractivity contribution in [3.05, 3.63) is 29.8 Å². The number of nitrogens with two attached hydrogens (primary N) is 1. The smallest absolute Gasteiger partial charge is 0.311 e. The van der Waals surface area contributed by atoms with Crippen LogP contribution in [0.25, 0.3) is 0 Å². The number of ether oxygens (including phenoxy) is 1. The molecule has 5 heteroatoms. The number of methoxy groups -OCH3 is 1. The maximum Gasteiger partial charge on any atom is 0.311 e. The van der Waals surface area contributed by atoms with Crippen molar-refractivity contribution < 1.29 is 14.3 Å². The van der Waals surface area contributed by atoms with Gasteiger partial charge in [-0.25, -0.2) is 0 Å². The van der Waals surface area contributed by atoms with Crippen LogP contribution in [0.15, 0.2) is 24.3 Å². The summed E-state index contributed by atoms with van der Waals surface area (Å²) in [5, 5.41) is 0. The summed E-state index contributed by atoms with van der Waals surface area (Å²) in [6.45, 7) is 0.439. The van der Waals surface area contributed by atoms with Crippen molar-refractivity contribution in [2.75, 3.05) is 20.7 Å². The summed E-state index contributed by atoms with van der Waals surface area (Å²) in [7, 11) is 3.15. The van der Waals surface area contributed by atoms with Crippen molar-refractivity contribution in [2.24, 2.45) is 5.73 Å². The molecule has 92 valence electrons. The molecule has 0 bridgehead atoms. The number of rotatable bonds is 4. The number of nitrogens with zero attached hydrogens (tertiary/aromatic N) is 1. The molecular formula is C12H16N2O3. The molecule has 5 nitrogen and oxygen atoms in total. The first-order valence-electron chi connectivity index (χ1n) is 5.22. The second kappa shape index (κ2) is 5.89. The quantitative estimate of drug-likeness (QED) is 0.758. The van der Waals surface area contributed by atoms with E-state index in [2.05, 4.69) is 0 Å². The van der Waals surface area contributed by atoms with Crippen molar-refractivity contribution in [2.45, 2.75) is 6.42 Å². The van der Waals surface area contributed by atoms with Crippen LogP contribution in [-0.2, 0) is 16.0 Å². The Morgan fingerprint density at radius 3 is 2.71 bits per heavy atom. The molecular weight excluding hydrogens is 220 g/mol. The fourth-order valence-electron chi connectivity index (χ4n) is 1.41. The average Bonchev–Trinajstić information content (AvgIpc) is 2.35. The molecule has 0 aliphatic carbocycles. The van der Waals surface area contributed by atoms with Crippen LogP contribution in [0.2, 0.25) is 0 Å². The molecule has 1 aromatic rings. The molecule has 0 saturated carbocycles. The Morgan fingerprint density at radius 2 is 2.12 bits per heavy atom. The van der Waals surface area contributed by atoms with Crippen LogP contribution < -0.4 is 10.5 Å². The van der Waals surface area contributed by atoms with Gasteiger partial charge in [0.05, 0.1) is 7.11 Å². The summed E-state index contributed by atoms with van der Waals surface area (Å²) in [6, 6.07) is 7.56. The van der Waals surface area contributed by atoms with Gasteiger partial charge < -0.3 is 15.4 Å². The fraction of sp³-hybridized carbons (Fsp3) is 0.333. The molecule has 1 rings (SSSR count). The Hall–Kier alpha value is -2.04. The fourth-order valence-corrected chi connectivity index (χ4v) is 1.41. The predicted octanol–water partition coefficient (Wildman–Crippen LogP) is 0.181. The lowest BCUT2D eigenvalue weighted by Crippen LogP contribution is -2.38. The highest BCUT2D eigenvalue weighted by Crippen LogP contribution is 2.13. The summed E-state index contributed by atoms with van der Waals surface area (Å²) in [5.41, 5.74) is 5.94. The molecule has 2 amide bonds. The minimum atomic E-state index is -0.932. The van der Waals surface area contributed by atoms with Crippen molar-refractivity contribution in [1.29, 1.82) is 0 Å². The molecule has 0 radical (unpaired) electrons. The molecule has 0 aliphatic heterocycles. The first-order valence-corrected chi connectivity index (χ1v) is 5.22. The first-order chi connectivity index (χ1) is 8.04. The standard InChI is InChI=1S/C12H16N2O3/c1-14(12(16)11(13)15)7-6-9-4-3-5-10(8-9)17-2/h3-5,8H,6-7H2,1-2H3,(H2,13,15). The molecule has 0 saturated heterocycles. The van der Waals surface area contributed by atoms with Gasteiger partial charge in [0, 0.05) is 13.6 Å². The zero-order chi connectivity index (χ0) is 12.8. The monoisotopic (exact) mass is 236 g/mol. The van der Waals surface area contributed by atoms with Gasteiger partial charge in [0.25, 0.3) is 0 Å². The van der Waals surface area contributed by atoms with E-state index in [9.17, 15) is 9.59 Å². The number of amides is 2. The maximum absolute atomic E-state index is 11.2. The zero-order valence-corrected chi connectivity index (χ0v) is 9.97. The molecule has 2 N–H and O–H groups in total. The van der Waals surface area contributed by atoms with E-state index < -0.39 is 11.8 Å². The molecule has 0 spiro atoms. The van der Waals surface area contributed by atoms with Gasteiger partial charge in [0.1, 0.15) is 5.75 Å². The SMILES string of the molecule is COc1cccc(CCN(C)C(=O)C(N)=O)c1. The summed E-state index contributed by atoms with van der Waals surface area (Å²) in [6.07, 6.45) is 0.646. The van der Waals surface area contributed by atoms with E-state index in [1.54, 1.807) is 14.2 Å². The Bertz CT molecular complexity index is 418. The number of carbonyl (C=O) groups is 2. The van der Waals surface area contributed by atoms with E-state index in [0.29, 0.717) is 13.0 Å². The summed E-state index contributed by atoms with van der Waals surface area (Å²) in [5.74, 6) is -0.836. The lowest BCUT2D eigenvalue weighted by Gasteiger charge is -2.15. The highest BCUT2D eigenvalue weighted by Gasteiger charge is 2.14. The van der Waals surface area contributed by atoms with Gasteiger partial charge in [-0.1, -0.05) is 12.1 Å². The van der Waals surface area contributed by atoms with Crippen LogP contribution in [0.3, 0.4) is 0 Å². The van der Waals surface area contributed by atoms with Gasteiger partial charge in [0.15, 0.2) is 0 Å². The van der Waals surface area contributed by atoms with Gasteiger partial charge in [0.2, 0.25) is 0 Å². The minimum absolute atomic E-state index is 0.439. The Morgan fingerprint density at radius 1 is 1.41 bits per heavy atom. The first kappa shape index (κ1) is 13.0. The summed E-state index contributed by atoms with van der Waals surface area (Å²) in [4.78, 5) is 23.2. The molecule has 0 heterocycles. The molecule has 0 aliphatic rings. The number of hydrogen-bond donors (Lipinski definition) is 1. The highest BCUT2D eigenvalue weighted by molar-refractivity contribution is 6.34. The third kappa shape index (κ3) is 3.79. The predicted molar refractivity (Wildman–Crippen MR) is 63.5 cm³/mol.